The number of halogens is 2. The minimum absolute atomic E-state index is 0.000324. The van der Waals surface area contributed by atoms with E-state index in [0.717, 1.165) is 12.3 Å². The van der Waals surface area contributed by atoms with Gasteiger partial charge in [0.15, 0.2) is 0 Å². The van der Waals surface area contributed by atoms with E-state index in [-0.39, 0.29) is 22.4 Å². The number of nitrogens with one attached hydrogen (secondary N) is 1. The van der Waals surface area contributed by atoms with Crippen molar-refractivity contribution in [1.29, 1.82) is 5.26 Å². The van der Waals surface area contributed by atoms with Crippen LogP contribution in [0, 0.1) is 23.0 Å². The van der Waals surface area contributed by atoms with Gasteiger partial charge < -0.3 is 0 Å². The normalized spacial score (nSPS) is 11.0. The van der Waals surface area contributed by atoms with E-state index in [1.807, 2.05) is 6.07 Å². The molecule has 0 unspecified atom stereocenters. The Morgan fingerprint density at radius 1 is 1.10 bits per heavy atom. The van der Waals surface area contributed by atoms with Crippen LogP contribution >= 0.6 is 0 Å². The molecule has 0 spiro atoms. The number of benzene rings is 2. The van der Waals surface area contributed by atoms with Crippen molar-refractivity contribution in [1.82, 2.24) is 0 Å². The Labute approximate surface area is 120 Å². The van der Waals surface area contributed by atoms with Crippen LogP contribution in [0.2, 0.25) is 0 Å². The van der Waals surface area contributed by atoms with Crippen LogP contribution in [0.25, 0.3) is 11.1 Å². The quantitative estimate of drug-likeness (QED) is 0.948. The second kappa shape index (κ2) is 5.50. The Kier molecular flexibility index (Phi) is 3.91. The van der Waals surface area contributed by atoms with E-state index >= 15 is 0 Å². The summed E-state index contributed by atoms with van der Waals surface area (Å²) >= 11 is 0. The summed E-state index contributed by atoms with van der Waals surface area (Å²) in [5, 5.41) is 8.90. The highest BCUT2D eigenvalue weighted by atomic mass is 32.2. The number of hydrogen-bond donors (Lipinski definition) is 1. The summed E-state index contributed by atoms with van der Waals surface area (Å²) in [5.41, 5.74) is 0.506. The number of nitriles is 1. The molecule has 1 N–H and O–H groups in total. The van der Waals surface area contributed by atoms with E-state index < -0.39 is 21.7 Å². The standard InChI is InChI=1S/C14H10F2N2O2S/c1-21(19,20)18-14-5-2-9(8-17)6-12(14)11-4-3-10(15)7-13(11)16/h2-7,18H,1H3. The lowest BCUT2D eigenvalue weighted by atomic mass is 10.0. The van der Waals surface area contributed by atoms with E-state index in [1.54, 1.807) is 0 Å². The maximum atomic E-state index is 13.9. The number of rotatable bonds is 3. The lowest BCUT2D eigenvalue weighted by Gasteiger charge is -2.12. The van der Waals surface area contributed by atoms with Crippen LogP contribution in [0.3, 0.4) is 0 Å². The van der Waals surface area contributed by atoms with Crippen LogP contribution in [0.1, 0.15) is 5.56 Å². The van der Waals surface area contributed by atoms with E-state index in [0.29, 0.717) is 6.07 Å². The van der Waals surface area contributed by atoms with Gasteiger partial charge in [-0.1, -0.05) is 0 Å². The largest absolute Gasteiger partial charge is 0.283 e. The van der Waals surface area contributed by atoms with Gasteiger partial charge in [-0.05, 0) is 30.3 Å². The molecule has 2 aromatic carbocycles. The molecule has 0 bridgehead atoms. The molecular weight excluding hydrogens is 298 g/mol. The smallest absolute Gasteiger partial charge is 0.229 e. The summed E-state index contributed by atoms with van der Waals surface area (Å²) in [6, 6.07) is 8.92. The van der Waals surface area contributed by atoms with Gasteiger partial charge in [-0.3, -0.25) is 4.72 Å². The maximum Gasteiger partial charge on any atom is 0.229 e. The fourth-order valence-corrected chi connectivity index (χ4v) is 2.41. The second-order valence-corrected chi connectivity index (χ2v) is 6.12. The van der Waals surface area contributed by atoms with Crippen LogP contribution in [-0.2, 0) is 10.0 Å². The average Bonchev–Trinajstić information content (AvgIpc) is 2.38. The first-order valence-corrected chi connectivity index (χ1v) is 7.66. The number of hydrogen-bond acceptors (Lipinski definition) is 3. The molecule has 21 heavy (non-hydrogen) atoms. The lowest BCUT2D eigenvalue weighted by Crippen LogP contribution is -2.10. The zero-order chi connectivity index (χ0) is 15.6. The predicted octanol–water partition coefficient (Wildman–Crippen LogP) is 2.87. The molecule has 0 radical (unpaired) electrons. The minimum Gasteiger partial charge on any atom is -0.283 e. The maximum absolute atomic E-state index is 13.9. The fourth-order valence-electron chi connectivity index (χ4n) is 1.83. The van der Waals surface area contributed by atoms with Gasteiger partial charge in [0.25, 0.3) is 0 Å². The summed E-state index contributed by atoms with van der Waals surface area (Å²) in [4.78, 5) is 0. The van der Waals surface area contributed by atoms with Crippen molar-refractivity contribution < 1.29 is 17.2 Å². The fraction of sp³-hybridized carbons (Fsp3) is 0.0714. The Hall–Kier alpha value is -2.46. The topological polar surface area (TPSA) is 70.0 Å². The van der Waals surface area contributed by atoms with Crippen LogP contribution in [0.4, 0.5) is 14.5 Å². The third-order valence-electron chi connectivity index (χ3n) is 2.67. The molecule has 7 heteroatoms. The van der Waals surface area contributed by atoms with Gasteiger partial charge in [-0.25, -0.2) is 17.2 Å². The lowest BCUT2D eigenvalue weighted by molar-refractivity contribution is 0.585. The van der Waals surface area contributed by atoms with Gasteiger partial charge in [0.2, 0.25) is 10.0 Å². The zero-order valence-electron chi connectivity index (χ0n) is 10.9. The van der Waals surface area contributed by atoms with Gasteiger partial charge in [0.1, 0.15) is 11.6 Å². The molecule has 0 aromatic heterocycles. The van der Waals surface area contributed by atoms with E-state index in [1.165, 1.54) is 24.3 Å². The van der Waals surface area contributed by atoms with Gasteiger partial charge in [-0.15, -0.1) is 0 Å². The summed E-state index contributed by atoms with van der Waals surface area (Å²) in [5.74, 6) is -1.59. The average molecular weight is 308 g/mol. The number of nitrogens with zero attached hydrogens (tertiary/aromatic N) is 1. The molecule has 2 rings (SSSR count). The van der Waals surface area contributed by atoms with Gasteiger partial charge in [-0.2, -0.15) is 5.26 Å². The molecule has 4 nitrogen and oxygen atoms in total. The Balaban J connectivity index is 2.67. The molecule has 0 atom stereocenters. The van der Waals surface area contributed by atoms with Crippen molar-refractivity contribution in [3.63, 3.8) is 0 Å². The van der Waals surface area contributed by atoms with Crippen molar-refractivity contribution in [3.05, 3.63) is 53.6 Å². The van der Waals surface area contributed by atoms with Gasteiger partial charge in [0.05, 0.1) is 23.6 Å². The Morgan fingerprint density at radius 3 is 2.38 bits per heavy atom. The molecule has 0 aliphatic heterocycles. The molecule has 0 aliphatic rings. The van der Waals surface area contributed by atoms with Crippen molar-refractivity contribution >= 4 is 15.7 Å². The van der Waals surface area contributed by atoms with Crippen LogP contribution in [0.15, 0.2) is 36.4 Å². The highest BCUT2D eigenvalue weighted by Gasteiger charge is 2.14. The third-order valence-corrected chi connectivity index (χ3v) is 3.26. The van der Waals surface area contributed by atoms with E-state index in [4.69, 9.17) is 5.26 Å². The van der Waals surface area contributed by atoms with Gasteiger partial charge >= 0.3 is 0 Å². The third kappa shape index (κ3) is 3.55. The molecule has 108 valence electrons. The molecule has 0 saturated heterocycles. The van der Waals surface area contributed by atoms with E-state index in [9.17, 15) is 17.2 Å². The van der Waals surface area contributed by atoms with Crippen LogP contribution < -0.4 is 4.72 Å². The Morgan fingerprint density at radius 2 is 1.81 bits per heavy atom. The van der Waals surface area contributed by atoms with Crippen molar-refractivity contribution in [3.8, 4) is 17.2 Å². The van der Waals surface area contributed by atoms with Crippen molar-refractivity contribution in [2.45, 2.75) is 0 Å². The number of sulfonamides is 1. The number of anilines is 1. The molecule has 0 fully saturated rings. The highest BCUT2D eigenvalue weighted by molar-refractivity contribution is 7.92. The molecule has 0 amide bonds. The second-order valence-electron chi connectivity index (χ2n) is 4.37. The SMILES string of the molecule is CS(=O)(=O)Nc1ccc(C#N)cc1-c1ccc(F)cc1F. The van der Waals surface area contributed by atoms with Crippen LogP contribution in [-0.4, -0.2) is 14.7 Å². The summed E-state index contributed by atoms with van der Waals surface area (Å²) in [7, 11) is -3.58. The molecule has 0 aliphatic carbocycles. The highest BCUT2D eigenvalue weighted by Crippen LogP contribution is 2.32. The van der Waals surface area contributed by atoms with Crippen molar-refractivity contribution in [2.75, 3.05) is 11.0 Å². The summed E-state index contributed by atoms with van der Waals surface area (Å²) < 4.78 is 51.8. The minimum atomic E-state index is -3.58. The first-order valence-electron chi connectivity index (χ1n) is 5.77. The Bertz CT molecular complexity index is 843. The first-order chi connectivity index (χ1) is 9.80. The molecule has 2 aromatic rings. The van der Waals surface area contributed by atoms with E-state index in [2.05, 4.69) is 4.72 Å². The predicted molar refractivity (Wildman–Crippen MR) is 75.0 cm³/mol. The van der Waals surface area contributed by atoms with Gasteiger partial charge in [0, 0.05) is 17.2 Å². The molecule has 0 heterocycles. The first kappa shape index (κ1) is 14.9. The monoisotopic (exact) mass is 308 g/mol. The van der Waals surface area contributed by atoms with Crippen molar-refractivity contribution in [2.24, 2.45) is 0 Å². The van der Waals surface area contributed by atoms with Crippen LogP contribution in [0.5, 0.6) is 0 Å². The molecular formula is C14H10F2N2O2S. The molecule has 0 saturated carbocycles. The summed E-state index contributed by atoms with van der Waals surface area (Å²) in [6.07, 6.45) is 0.954. The summed E-state index contributed by atoms with van der Waals surface area (Å²) in [6.45, 7) is 0. The zero-order valence-corrected chi connectivity index (χ0v) is 11.7.